The first-order valence-electron chi connectivity index (χ1n) is 10.1. The number of thiocarbonyl (C=S) groups is 1. The molecule has 3 nitrogen and oxygen atoms in total. The summed E-state index contributed by atoms with van der Waals surface area (Å²) in [5.74, 6) is 0.639. The highest BCUT2D eigenvalue weighted by Gasteiger charge is 2.24. The quantitative estimate of drug-likeness (QED) is 0.200. The van der Waals surface area contributed by atoms with E-state index in [-0.39, 0.29) is 11.2 Å². The summed E-state index contributed by atoms with van der Waals surface area (Å²) >= 11 is 5.59. The molecule has 0 aliphatic rings. The fraction of sp³-hybridized carbons (Fsp3) is 0.360. The highest BCUT2D eigenvalue weighted by Crippen LogP contribution is 2.24. The van der Waals surface area contributed by atoms with Crippen molar-refractivity contribution in [2.45, 2.75) is 52.4 Å². The lowest BCUT2D eigenvalue weighted by molar-refractivity contribution is -0.576. The number of rotatable bonds is 7. The normalized spacial score (nSPS) is 13.4. The van der Waals surface area contributed by atoms with Crippen molar-refractivity contribution in [1.29, 1.82) is 0 Å². The van der Waals surface area contributed by atoms with Crippen LogP contribution in [0.5, 0.6) is 0 Å². The molecule has 0 amide bonds. The summed E-state index contributed by atoms with van der Waals surface area (Å²) in [5, 5.41) is 14.3. The molecule has 0 spiro atoms. The van der Waals surface area contributed by atoms with Crippen LogP contribution in [0.3, 0.4) is 0 Å². The van der Waals surface area contributed by atoms with Gasteiger partial charge in [-0.05, 0) is 28.9 Å². The number of aromatic nitrogens is 1. The topological polar surface area (TPSA) is 36.1 Å². The van der Waals surface area contributed by atoms with E-state index in [4.69, 9.17) is 12.2 Å². The summed E-state index contributed by atoms with van der Waals surface area (Å²) in [6.07, 6.45) is 6.72. The molecule has 0 radical (unpaired) electrons. The molecule has 2 aromatic rings. The minimum atomic E-state index is 0.0540. The van der Waals surface area contributed by atoms with Gasteiger partial charge in [0.2, 0.25) is 0 Å². The van der Waals surface area contributed by atoms with Crippen molar-refractivity contribution in [3.8, 4) is 0 Å². The first kappa shape index (κ1) is 22.8. The highest BCUT2D eigenvalue weighted by molar-refractivity contribution is 7.81. The van der Waals surface area contributed by atoms with Gasteiger partial charge in [0.05, 0.1) is 0 Å². The number of benzene rings is 1. The van der Waals surface area contributed by atoms with Gasteiger partial charge in [0.1, 0.15) is 0 Å². The van der Waals surface area contributed by atoms with Crippen LogP contribution >= 0.6 is 12.2 Å². The van der Waals surface area contributed by atoms with E-state index in [0.29, 0.717) is 23.1 Å². The third kappa shape index (κ3) is 5.77. The second-order valence-corrected chi connectivity index (χ2v) is 8.78. The van der Waals surface area contributed by atoms with E-state index in [2.05, 4.69) is 70.8 Å². The summed E-state index contributed by atoms with van der Waals surface area (Å²) in [4.78, 5) is 0.474. The Morgan fingerprint density at radius 2 is 1.76 bits per heavy atom. The van der Waals surface area contributed by atoms with Crippen LogP contribution in [0, 0.1) is 0 Å². The Balaban J connectivity index is 2.51. The monoisotopic (exact) mass is 409 g/mol. The van der Waals surface area contributed by atoms with E-state index in [1.54, 1.807) is 6.08 Å². The van der Waals surface area contributed by atoms with Crippen molar-refractivity contribution < 1.29 is 9.67 Å². The van der Waals surface area contributed by atoms with Crippen LogP contribution in [0.25, 0.3) is 11.5 Å². The van der Waals surface area contributed by atoms with E-state index in [9.17, 15) is 5.11 Å². The van der Waals surface area contributed by atoms with Crippen LogP contribution in [0.15, 0.2) is 61.4 Å². The molecule has 1 aromatic carbocycles. The lowest BCUT2D eigenvalue weighted by atomic mass is 9.88. The first-order valence-corrected chi connectivity index (χ1v) is 10.5. The zero-order valence-electron chi connectivity index (χ0n) is 18.2. The fourth-order valence-electron chi connectivity index (χ4n) is 3.01. The molecule has 0 saturated carbocycles. The van der Waals surface area contributed by atoms with Gasteiger partial charge in [0.25, 0.3) is 5.70 Å². The van der Waals surface area contributed by atoms with Gasteiger partial charge in [-0.3, -0.25) is 0 Å². The number of hydrogen-bond acceptors (Lipinski definition) is 2. The second kappa shape index (κ2) is 9.84. The van der Waals surface area contributed by atoms with Gasteiger partial charge in [0.15, 0.2) is 23.1 Å². The summed E-state index contributed by atoms with van der Waals surface area (Å²) in [7, 11) is 0. The fourth-order valence-corrected chi connectivity index (χ4v) is 3.30. The molecular formula is C25H33N2OS+. The average molecular weight is 410 g/mol. The van der Waals surface area contributed by atoms with Crippen molar-refractivity contribution in [3.05, 3.63) is 78.1 Å². The predicted molar refractivity (Wildman–Crippen MR) is 127 cm³/mol. The Morgan fingerprint density at radius 3 is 2.24 bits per heavy atom. The van der Waals surface area contributed by atoms with Gasteiger partial charge in [-0.15, -0.1) is 6.58 Å². The summed E-state index contributed by atoms with van der Waals surface area (Å²) in [6.45, 7) is 15.2. The van der Waals surface area contributed by atoms with Crippen molar-refractivity contribution in [2.24, 2.45) is 0 Å². The summed E-state index contributed by atoms with van der Waals surface area (Å²) < 4.78 is 1.87. The largest absolute Gasteiger partial charge is 0.502 e. The molecule has 0 aliphatic carbocycles. The van der Waals surface area contributed by atoms with Gasteiger partial charge in [0, 0.05) is 24.2 Å². The molecule has 0 bridgehead atoms. The van der Waals surface area contributed by atoms with Crippen LogP contribution in [0.4, 0.5) is 0 Å². The second-order valence-electron chi connectivity index (χ2n) is 8.37. The number of pyridine rings is 1. The Labute approximate surface area is 180 Å². The van der Waals surface area contributed by atoms with E-state index >= 15 is 0 Å². The van der Waals surface area contributed by atoms with E-state index < -0.39 is 0 Å². The van der Waals surface area contributed by atoms with Gasteiger partial charge in [-0.1, -0.05) is 77.2 Å². The SMILES string of the molecule is C=CCNC(=S)/C(=C(/O)c1ccc(C(C)CC)cc1)[n+]1ccc(C(C)(C)C)cc1. The molecule has 1 aromatic heterocycles. The average Bonchev–Trinajstić information content (AvgIpc) is 2.71. The molecule has 154 valence electrons. The van der Waals surface area contributed by atoms with E-state index in [1.165, 1.54) is 11.1 Å². The van der Waals surface area contributed by atoms with Gasteiger partial charge in [-0.2, -0.15) is 4.57 Å². The highest BCUT2D eigenvalue weighted by atomic mass is 32.1. The first-order chi connectivity index (χ1) is 13.7. The van der Waals surface area contributed by atoms with Gasteiger partial charge >= 0.3 is 0 Å². The molecule has 1 heterocycles. The van der Waals surface area contributed by atoms with Gasteiger partial charge in [-0.25, -0.2) is 0 Å². The minimum absolute atomic E-state index is 0.0540. The molecule has 0 aliphatic heterocycles. The summed E-state index contributed by atoms with van der Waals surface area (Å²) in [6, 6.07) is 12.2. The molecule has 2 rings (SSSR count). The Hall–Kier alpha value is -2.46. The van der Waals surface area contributed by atoms with E-state index in [0.717, 1.165) is 12.0 Å². The Morgan fingerprint density at radius 1 is 1.17 bits per heavy atom. The van der Waals surface area contributed by atoms with Gasteiger partial charge < -0.3 is 10.4 Å². The molecule has 1 atom stereocenters. The molecule has 0 saturated heterocycles. The number of aliphatic hydroxyl groups is 1. The number of nitrogens with zero attached hydrogens (tertiary/aromatic N) is 1. The Bertz CT molecular complexity index is 875. The van der Waals surface area contributed by atoms with Crippen LogP contribution < -0.4 is 9.88 Å². The maximum Gasteiger partial charge on any atom is 0.287 e. The van der Waals surface area contributed by atoms with E-state index in [1.807, 2.05) is 29.1 Å². The predicted octanol–water partition coefficient (Wildman–Crippen LogP) is 5.77. The maximum absolute atomic E-state index is 11.1. The molecule has 2 N–H and O–H groups in total. The molecule has 29 heavy (non-hydrogen) atoms. The number of nitrogens with one attached hydrogen (secondary N) is 1. The zero-order valence-corrected chi connectivity index (χ0v) is 19.0. The van der Waals surface area contributed by atoms with Crippen LogP contribution in [-0.4, -0.2) is 16.6 Å². The zero-order chi connectivity index (χ0) is 21.6. The molecule has 1 unspecified atom stereocenters. The van der Waals surface area contributed by atoms with Crippen molar-refractivity contribution in [3.63, 3.8) is 0 Å². The standard InChI is InChI=1S/C25H32N2OS/c1-7-15-26-24(29)22(27-16-13-21(14-17-27)25(4,5)6)23(28)20-11-9-19(10-12-20)18(3)8-2/h7,9-14,16-18H,1,8,15H2,2-6H3,(H-,26,28,29)/p+1. The lowest BCUT2D eigenvalue weighted by Gasteiger charge is -2.18. The van der Waals surface area contributed by atoms with Crippen molar-refractivity contribution in [2.75, 3.05) is 6.54 Å². The van der Waals surface area contributed by atoms with Crippen LogP contribution in [-0.2, 0) is 5.41 Å². The number of aliphatic hydroxyl groups excluding tert-OH is 1. The lowest BCUT2D eigenvalue weighted by Crippen LogP contribution is -2.41. The molecular weight excluding hydrogens is 376 g/mol. The van der Waals surface area contributed by atoms with Crippen LogP contribution in [0.2, 0.25) is 0 Å². The molecule has 4 heteroatoms. The third-order valence-corrected chi connectivity index (χ3v) is 5.50. The van der Waals surface area contributed by atoms with Crippen molar-refractivity contribution in [1.82, 2.24) is 5.32 Å². The minimum Gasteiger partial charge on any atom is -0.502 e. The third-order valence-electron chi connectivity index (χ3n) is 5.17. The maximum atomic E-state index is 11.1. The molecule has 0 fully saturated rings. The van der Waals surface area contributed by atoms with Crippen LogP contribution in [0.1, 0.15) is 63.6 Å². The Kier molecular flexibility index (Phi) is 7.74. The smallest absolute Gasteiger partial charge is 0.287 e. The summed E-state index contributed by atoms with van der Waals surface area (Å²) in [5.41, 5.74) is 3.83. The number of hydrogen-bond donors (Lipinski definition) is 2. The van der Waals surface area contributed by atoms with Crippen molar-refractivity contribution >= 4 is 28.7 Å².